The van der Waals surface area contributed by atoms with E-state index in [2.05, 4.69) is 0 Å². The van der Waals surface area contributed by atoms with E-state index in [0.717, 1.165) is 0 Å². The molecule has 0 atom stereocenters. The molecule has 2 aromatic carbocycles. The summed E-state index contributed by atoms with van der Waals surface area (Å²) < 4.78 is 4.97. The van der Waals surface area contributed by atoms with Crippen molar-refractivity contribution in [3.8, 4) is 17.2 Å². The number of carbonyl (C=O) groups is 1. The molecule has 0 heterocycles. The third-order valence-corrected chi connectivity index (χ3v) is 2.59. The Hall–Kier alpha value is -1.49. The molecule has 93 valence electrons. The molecule has 0 bridgehead atoms. The van der Waals surface area contributed by atoms with Crippen LogP contribution in [0.25, 0.3) is 0 Å². The van der Waals surface area contributed by atoms with Gasteiger partial charge in [-0.25, -0.2) is 0 Å². The first-order valence-electron chi connectivity index (χ1n) is 5.34. The summed E-state index contributed by atoms with van der Waals surface area (Å²) >= 11 is 0. The largest absolute Gasteiger partial charge is 0.504 e. The minimum absolute atomic E-state index is 0. The smallest absolute Gasteiger partial charge is 0.201 e. The molecule has 2 N–H and O–H groups in total. The molecule has 19 heavy (non-hydrogen) atoms. The van der Waals surface area contributed by atoms with Crippen molar-refractivity contribution in [3.05, 3.63) is 53.6 Å². The number of methoxy groups -OCH3 is 1. The molecule has 0 fully saturated rings. The van der Waals surface area contributed by atoms with Crippen LogP contribution in [-0.2, 0) is 0 Å². The Morgan fingerprint density at radius 3 is 2.26 bits per heavy atom. The molecule has 0 saturated carbocycles. The topological polar surface area (TPSA) is 66.8 Å². The predicted molar refractivity (Wildman–Crippen MR) is 72.0 cm³/mol. The quantitative estimate of drug-likeness (QED) is 0.507. The van der Waals surface area contributed by atoms with Crippen LogP contribution in [0, 0.1) is 0 Å². The Balaban J connectivity index is 0.00000180. The average Bonchev–Trinajstić information content (AvgIpc) is 2.42. The summed E-state index contributed by atoms with van der Waals surface area (Å²) in [7, 11) is 1.33. The number of ether oxygens (including phenoxy) is 1. The Bertz CT molecular complexity index is 581. The van der Waals surface area contributed by atoms with Crippen molar-refractivity contribution >= 4 is 35.3 Å². The molecule has 4 nitrogen and oxygen atoms in total. The molecule has 2 aromatic rings. The summed E-state index contributed by atoms with van der Waals surface area (Å²) in [6.07, 6.45) is 0. The molecule has 0 aromatic heterocycles. The van der Waals surface area contributed by atoms with E-state index < -0.39 is 5.75 Å². The number of benzene rings is 2. The maximum Gasteiger partial charge on any atom is 0.201 e. The molecule has 1 radical (unpaired) electrons. The number of hydrogen-bond acceptors (Lipinski definition) is 4. The second kappa shape index (κ2) is 6.61. The molecule has 0 aliphatic heterocycles. The van der Waals surface area contributed by atoms with Crippen LogP contribution in [0.5, 0.6) is 17.2 Å². The molecular formula is C14H12NaO4. The van der Waals surface area contributed by atoms with Gasteiger partial charge >= 0.3 is 0 Å². The van der Waals surface area contributed by atoms with Gasteiger partial charge in [-0.1, -0.05) is 30.3 Å². The number of carbonyl (C=O) groups excluding carboxylic acids is 1. The fourth-order valence-electron chi connectivity index (χ4n) is 1.69. The molecule has 0 spiro atoms. The van der Waals surface area contributed by atoms with Crippen LogP contribution in [0.2, 0.25) is 0 Å². The fraction of sp³-hybridized carbons (Fsp3) is 0.0714. The normalized spacial score (nSPS) is 9.53. The minimum Gasteiger partial charge on any atom is -0.504 e. The van der Waals surface area contributed by atoms with Crippen LogP contribution in [0.15, 0.2) is 42.5 Å². The third kappa shape index (κ3) is 3.10. The van der Waals surface area contributed by atoms with Crippen molar-refractivity contribution in [1.82, 2.24) is 0 Å². The first kappa shape index (κ1) is 15.6. The number of ketones is 1. The van der Waals surface area contributed by atoms with Gasteiger partial charge in [0.2, 0.25) is 5.75 Å². The van der Waals surface area contributed by atoms with E-state index in [0.29, 0.717) is 5.56 Å². The third-order valence-electron chi connectivity index (χ3n) is 2.59. The van der Waals surface area contributed by atoms with Gasteiger partial charge in [-0.2, -0.15) is 0 Å². The van der Waals surface area contributed by atoms with Gasteiger partial charge in [-0.3, -0.25) is 4.79 Å². The van der Waals surface area contributed by atoms with E-state index in [1.807, 2.05) is 6.07 Å². The van der Waals surface area contributed by atoms with Crippen LogP contribution in [-0.4, -0.2) is 52.7 Å². The van der Waals surface area contributed by atoms with Crippen LogP contribution in [0.1, 0.15) is 15.9 Å². The monoisotopic (exact) mass is 267 g/mol. The van der Waals surface area contributed by atoms with Crippen molar-refractivity contribution < 1.29 is 19.7 Å². The van der Waals surface area contributed by atoms with Gasteiger partial charge in [0.1, 0.15) is 0 Å². The SMILES string of the molecule is COc1c(C(=O)c2ccccc2)ccc(O)c1O.[Na]. The first-order valence-corrected chi connectivity index (χ1v) is 5.34. The van der Waals surface area contributed by atoms with Crippen molar-refractivity contribution in [2.75, 3.05) is 7.11 Å². The minimum atomic E-state index is -0.431. The molecule has 0 amide bonds. The van der Waals surface area contributed by atoms with Crippen molar-refractivity contribution in [3.63, 3.8) is 0 Å². The van der Waals surface area contributed by atoms with Gasteiger partial charge < -0.3 is 14.9 Å². The van der Waals surface area contributed by atoms with E-state index in [1.165, 1.54) is 19.2 Å². The summed E-state index contributed by atoms with van der Waals surface area (Å²) in [5.74, 6) is -1.05. The number of rotatable bonds is 3. The van der Waals surface area contributed by atoms with E-state index in [-0.39, 0.29) is 52.4 Å². The predicted octanol–water partition coefficient (Wildman–Crippen LogP) is 1.96. The van der Waals surface area contributed by atoms with E-state index in [4.69, 9.17) is 4.74 Å². The van der Waals surface area contributed by atoms with E-state index in [1.54, 1.807) is 24.3 Å². The zero-order valence-corrected chi connectivity index (χ0v) is 12.8. The van der Waals surface area contributed by atoms with Gasteiger partial charge in [0.05, 0.1) is 12.7 Å². The molecular weight excluding hydrogens is 255 g/mol. The van der Waals surface area contributed by atoms with Gasteiger partial charge in [0.15, 0.2) is 17.3 Å². The number of hydrogen-bond donors (Lipinski definition) is 2. The maximum absolute atomic E-state index is 12.2. The molecule has 2 rings (SSSR count). The summed E-state index contributed by atoms with van der Waals surface area (Å²) in [5.41, 5.74) is 0.694. The van der Waals surface area contributed by atoms with Crippen LogP contribution < -0.4 is 4.74 Å². The summed E-state index contributed by atoms with van der Waals surface area (Å²) in [5, 5.41) is 19.0. The Kier molecular flexibility index (Phi) is 5.42. The second-order valence-electron chi connectivity index (χ2n) is 3.71. The Morgan fingerprint density at radius 2 is 1.68 bits per heavy atom. The Morgan fingerprint density at radius 1 is 1.05 bits per heavy atom. The first-order chi connectivity index (χ1) is 8.65. The Labute approximate surface area is 132 Å². The summed E-state index contributed by atoms with van der Waals surface area (Å²) in [4.78, 5) is 12.2. The second-order valence-corrected chi connectivity index (χ2v) is 3.71. The van der Waals surface area contributed by atoms with E-state index in [9.17, 15) is 15.0 Å². The van der Waals surface area contributed by atoms with Gasteiger partial charge in [-0.05, 0) is 12.1 Å². The molecule has 5 heteroatoms. The number of phenols is 2. The van der Waals surface area contributed by atoms with Crippen LogP contribution in [0.3, 0.4) is 0 Å². The zero-order valence-electron chi connectivity index (χ0n) is 10.8. The fourth-order valence-corrected chi connectivity index (χ4v) is 1.69. The van der Waals surface area contributed by atoms with Gasteiger partial charge in [-0.15, -0.1) is 0 Å². The summed E-state index contributed by atoms with van der Waals surface area (Å²) in [6.45, 7) is 0. The molecule has 0 aliphatic carbocycles. The van der Waals surface area contributed by atoms with Crippen LogP contribution >= 0.6 is 0 Å². The maximum atomic E-state index is 12.2. The molecule has 0 saturated heterocycles. The van der Waals surface area contributed by atoms with E-state index >= 15 is 0 Å². The van der Waals surface area contributed by atoms with Crippen molar-refractivity contribution in [2.24, 2.45) is 0 Å². The molecule has 0 unspecified atom stereocenters. The molecule has 0 aliphatic rings. The number of aromatic hydroxyl groups is 2. The van der Waals surface area contributed by atoms with Crippen molar-refractivity contribution in [2.45, 2.75) is 0 Å². The van der Waals surface area contributed by atoms with Crippen molar-refractivity contribution in [1.29, 1.82) is 0 Å². The van der Waals surface area contributed by atoms with Crippen LogP contribution in [0.4, 0.5) is 0 Å². The van der Waals surface area contributed by atoms with Gasteiger partial charge in [0.25, 0.3) is 0 Å². The van der Waals surface area contributed by atoms with Gasteiger partial charge in [0, 0.05) is 35.1 Å². The number of phenolic OH excluding ortho intramolecular Hbond substituents is 2. The summed E-state index contributed by atoms with van der Waals surface area (Å²) in [6, 6.07) is 11.3. The average molecular weight is 267 g/mol. The standard InChI is InChI=1S/C14H12O4.Na/c1-18-14-10(7-8-11(15)13(14)17)12(16)9-5-3-2-4-6-9;/h2-8,15,17H,1H3;. The zero-order chi connectivity index (χ0) is 13.1.